The number of likely N-dealkylation sites (tertiary alicyclic amines) is 1. The van der Waals surface area contributed by atoms with E-state index < -0.39 is 5.92 Å². The highest BCUT2D eigenvalue weighted by Gasteiger charge is 2.42. The van der Waals surface area contributed by atoms with Gasteiger partial charge in [0.15, 0.2) is 0 Å². The highest BCUT2D eigenvalue weighted by atomic mass is 35.5. The maximum absolute atomic E-state index is 14.3. The van der Waals surface area contributed by atoms with Crippen LogP contribution in [0.4, 0.5) is 14.5 Å². The fourth-order valence-corrected chi connectivity index (χ4v) is 6.68. The lowest BCUT2D eigenvalue weighted by atomic mass is 9.67. The zero-order chi connectivity index (χ0) is 29.3. The number of piperidine rings is 1. The van der Waals surface area contributed by atoms with E-state index in [9.17, 15) is 13.6 Å². The molecule has 1 atom stereocenters. The van der Waals surface area contributed by atoms with Gasteiger partial charge in [-0.2, -0.15) is 0 Å². The Morgan fingerprint density at radius 3 is 2.46 bits per heavy atom. The van der Waals surface area contributed by atoms with E-state index in [1.54, 1.807) is 36.2 Å². The van der Waals surface area contributed by atoms with Crippen molar-refractivity contribution in [2.24, 2.45) is 0 Å². The number of likely N-dealkylation sites (N-methyl/N-ethyl adjacent to an activating group) is 1. The summed E-state index contributed by atoms with van der Waals surface area (Å²) in [6.07, 6.45) is 3.18. The molecule has 1 amide bonds. The molecule has 4 nitrogen and oxygen atoms in total. The number of carbonyl (C=O) groups is 1. The summed E-state index contributed by atoms with van der Waals surface area (Å²) < 4.78 is 28.1. The van der Waals surface area contributed by atoms with Gasteiger partial charge in [-0.05, 0) is 104 Å². The number of fused-ring (bicyclic) bond motifs is 2. The Labute approximate surface area is 251 Å². The van der Waals surface area contributed by atoms with Gasteiger partial charge in [0.25, 0.3) is 0 Å². The van der Waals surface area contributed by atoms with Crippen molar-refractivity contribution in [3.05, 3.63) is 111 Å². The summed E-state index contributed by atoms with van der Waals surface area (Å²) in [5.41, 5.74) is 4.54. The molecule has 3 aromatic rings. The smallest absolute Gasteiger partial charge is 0.230 e. The molecule has 1 saturated heterocycles. The molecule has 0 aromatic heterocycles. The minimum Gasteiger partial charge on any atom is -0.349 e. The number of allylic oxidation sites excluding steroid dienone is 1. The van der Waals surface area contributed by atoms with Crippen LogP contribution in [0.1, 0.15) is 48.3 Å². The molecule has 1 fully saturated rings. The molecule has 0 N–H and O–H groups in total. The first kappa shape index (κ1) is 29.6. The van der Waals surface area contributed by atoms with Crippen LogP contribution >= 0.6 is 23.2 Å². The van der Waals surface area contributed by atoms with Crippen LogP contribution in [0.25, 0.3) is 0 Å². The molecular formula is C33H35Cl2F2N3O. The normalized spacial score (nSPS) is 17.4. The average Bonchev–Trinajstić information content (AvgIpc) is 2.94. The first-order valence-electron chi connectivity index (χ1n) is 13.9. The maximum atomic E-state index is 14.3. The lowest BCUT2D eigenvalue weighted by Crippen LogP contribution is -2.47. The van der Waals surface area contributed by atoms with Crippen LogP contribution in [0, 0.1) is 11.6 Å². The second kappa shape index (κ2) is 12.1. The summed E-state index contributed by atoms with van der Waals surface area (Å²) in [7, 11) is 3.73. The first-order valence-corrected chi connectivity index (χ1v) is 14.7. The van der Waals surface area contributed by atoms with Gasteiger partial charge in [0.1, 0.15) is 11.6 Å². The highest BCUT2D eigenvalue weighted by molar-refractivity contribution is 6.42. The van der Waals surface area contributed by atoms with Crippen molar-refractivity contribution >= 4 is 34.8 Å². The number of hydrogen-bond acceptors (Lipinski definition) is 3. The summed E-state index contributed by atoms with van der Waals surface area (Å²) >= 11 is 12.5. The van der Waals surface area contributed by atoms with Crippen LogP contribution in [0.15, 0.2) is 72.9 Å². The summed E-state index contributed by atoms with van der Waals surface area (Å²) in [6.45, 7) is 7.00. The van der Waals surface area contributed by atoms with Crippen LogP contribution in [0.5, 0.6) is 0 Å². The van der Waals surface area contributed by atoms with Crippen LogP contribution in [-0.4, -0.2) is 49.4 Å². The van der Waals surface area contributed by atoms with Crippen LogP contribution < -0.4 is 4.90 Å². The third kappa shape index (κ3) is 6.30. The average molecular weight is 599 g/mol. The molecular weight excluding hydrogens is 563 g/mol. The molecule has 1 spiro atoms. The van der Waals surface area contributed by atoms with E-state index in [1.165, 1.54) is 18.2 Å². The summed E-state index contributed by atoms with van der Waals surface area (Å²) in [5.74, 6) is -1.03. The maximum Gasteiger partial charge on any atom is 0.230 e. The Balaban J connectivity index is 1.30. The molecule has 0 bridgehead atoms. The standard InChI is InChI=1S/C33H35Cl2F2N3O/c1-22-20-33(28-19-26(37)8-10-31(28)39(22)3)12-15-40(16-13-33)14-11-27(24-7-9-29(34)30(35)18-24)32(41)38(2)21-23-5-4-6-25(36)17-23/h4-10,17-19,27H,1,11-16,20-21H2,2-3H3. The largest absolute Gasteiger partial charge is 0.349 e. The Morgan fingerprint density at radius 2 is 1.76 bits per heavy atom. The van der Waals surface area contributed by atoms with Crippen LogP contribution in [-0.2, 0) is 16.8 Å². The fourth-order valence-electron chi connectivity index (χ4n) is 6.38. The van der Waals surface area contributed by atoms with Gasteiger partial charge in [-0.25, -0.2) is 8.78 Å². The Kier molecular flexibility index (Phi) is 8.74. The number of benzene rings is 3. The predicted octanol–water partition coefficient (Wildman–Crippen LogP) is 7.79. The van der Waals surface area contributed by atoms with Gasteiger partial charge in [0.05, 0.1) is 16.0 Å². The third-order valence-corrected chi connectivity index (χ3v) is 9.52. The number of nitrogens with zero attached hydrogens (tertiary/aromatic N) is 3. The molecule has 5 rings (SSSR count). The van der Waals surface area contributed by atoms with E-state index in [0.29, 0.717) is 23.0 Å². The second-order valence-electron chi connectivity index (χ2n) is 11.4. The zero-order valence-electron chi connectivity index (χ0n) is 23.5. The quantitative estimate of drug-likeness (QED) is 0.278. The van der Waals surface area contributed by atoms with E-state index in [2.05, 4.69) is 16.4 Å². The zero-order valence-corrected chi connectivity index (χ0v) is 25.0. The Hall–Kier alpha value is -2.93. The molecule has 0 radical (unpaired) electrons. The van der Waals surface area contributed by atoms with Crippen molar-refractivity contribution in [3.63, 3.8) is 0 Å². The first-order chi connectivity index (χ1) is 19.6. The van der Waals surface area contributed by atoms with Crippen LogP contribution in [0.2, 0.25) is 10.0 Å². The number of amides is 1. The molecule has 2 aliphatic rings. The number of anilines is 1. The summed E-state index contributed by atoms with van der Waals surface area (Å²) in [5, 5.41) is 0.843. The van der Waals surface area contributed by atoms with E-state index in [4.69, 9.17) is 23.2 Å². The van der Waals surface area contributed by atoms with E-state index in [-0.39, 0.29) is 23.0 Å². The van der Waals surface area contributed by atoms with E-state index >= 15 is 0 Å². The lowest BCUT2D eigenvalue weighted by molar-refractivity contribution is -0.132. The van der Waals surface area contributed by atoms with Crippen LogP contribution in [0.3, 0.4) is 0 Å². The minimum absolute atomic E-state index is 0.0582. The molecule has 8 heteroatoms. The van der Waals surface area contributed by atoms with Gasteiger partial charge in [-0.15, -0.1) is 0 Å². The summed E-state index contributed by atoms with van der Waals surface area (Å²) in [4.78, 5) is 19.9. The molecule has 0 aliphatic carbocycles. The number of rotatable bonds is 7. The molecule has 2 heterocycles. The number of halogens is 4. The van der Waals surface area contributed by atoms with Crippen molar-refractivity contribution in [3.8, 4) is 0 Å². The van der Waals surface area contributed by atoms with Gasteiger partial charge in [0.2, 0.25) is 5.91 Å². The molecule has 0 saturated carbocycles. The molecule has 216 valence electrons. The topological polar surface area (TPSA) is 26.8 Å². The third-order valence-electron chi connectivity index (χ3n) is 8.78. The van der Waals surface area contributed by atoms with Gasteiger partial charge in [0, 0.05) is 37.4 Å². The molecule has 41 heavy (non-hydrogen) atoms. The second-order valence-corrected chi connectivity index (χ2v) is 12.2. The SMILES string of the molecule is C=C1CC2(CCN(CCC(C(=O)N(C)Cc3cccc(F)c3)c3ccc(Cl)c(Cl)c3)CC2)c2cc(F)ccc2N1C. The van der Waals surface area contributed by atoms with E-state index in [0.717, 1.165) is 67.0 Å². The van der Waals surface area contributed by atoms with Crippen molar-refractivity contribution in [1.82, 2.24) is 9.80 Å². The van der Waals surface area contributed by atoms with Crippen molar-refractivity contribution < 1.29 is 13.6 Å². The van der Waals surface area contributed by atoms with Gasteiger partial charge in [-0.3, -0.25) is 4.79 Å². The molecule has 2 aliphatic heterocycles. The predicted molar refractivity (Wildman–Crippen MR) is 163 cm³/mol. The fraction of sp³-hybridized carbons (Fsp3) is 0.364. The van der Waals surface area contributed by atoms with Crippen molar-refractivity contribution in [2.75, 3.05) is 38.6 Å². The van der Waals surface area contributed by atoms with Crippen molar-refractivity contribution in [1.29, 1.82) is 0 Å². The monoisotopic (exact) mass is 597 g/mol. The lowest BCUT2D eigenvalue weighted by Gasteiger charge is -2.48. The number of carbonyl (C=O) groups excluding carboxylic acids is 1. The van der Waals surface area contributed by atoms with E-state index in [1.807, 2.05) is 25.2 Å². The Morgan fingerprint density at radius 1 is 1.02 bits per heavy atom. The summed E-state index contributed by atoms with van der Waals surface area (Å²) in [6, 6.07) is 16.7. The molecule has 1 unspecified atom stereocenters. The highest BCUT2D eigenvalue weighted by Crippen LogP contribution is 2.49. The minimum atomic E-state index is -0.433. The van der Waals surface area contributed by atoms with Gasteiger partial charge >= 0.3 is 0 Å². The molecule has 3 aromatic carbocycles. The number of hydrogen-bond donors (Lipinski definition) is 0. The Bertz CT molecular complexity index is 1450. The van der Waals surface area contributed by atoms with Gasteiger partial charge < -0.3 is 14.7 Å². The van der Waals surface area contributed by atoms with Gasteiger partial charge in [-0.1, -0.05) is 48.0 Å². The van der Waals surface area contributed by atoms with Crippen molar-refractivity contribution in [2.45, 2.75) is 43.6 Å².